The first-order valence-corrected chi connectivity index (χ1v) is 8.72. The molecule has 2 aromatic rings. The Morgan fingerprint density at radius 2 is 2.00 bits per heavy atom. The molecule has 1 atom stereocenters. The van der Waals surface area contributed by atoms with Crippen molar-refractivity contribution in [3.63, 3.8) is 0 Å². The number of phenols is 1. The Labute approximate surface area is 149 Å². The minimum Gasteiger partial charge on any atom is -0.755 e. The SMILES string of the molecule is O=C(O)c1ccc(N(c2c(Cl)sc(Cl)c2Br)S(=O)[O-])cc1O. The van der Waals surface area contributed by atoms with E-state index in [0.29, 0.717) is 0 Å². The first kappa shape index (κ1) is 17.5. The zero-order valence-corrected chi connectivity index (χ0v) is 15.0. The fourth-order valence-corrected chi connectivity index (χ4v) is 4.83. The molecule has 1 unspecified atom stereocenters. The van der Waals surface area contributed by atoms with Crippen molar-refractivity contribution >= 4 is 79.1 Å². The smallest absolute Gasteiger partial charge is 0.339 e. The van der Waals surface area contributed by atoms with Gasteiger partial charge in [-0.1, -0.05) is 23.2 Å². The van der Waals surface area contributed by atoms with Crippen LogP contribution >= 0.6 is 50.5 Å². The highest BCUT2D eigenvalue weighted by molar-refractivity contribution is 9.10. The molecule has 1 aromatic heterocycles. The summed E-state index contributed by atoms with van der Waals surface area (Å²) in [4.78, 5) is 10.9. The number of aromatic hydroxyl groups is 1. The van der Waals surface area contributed by atoms with Crippen molar-refractivity contribution in [1.29, 1.82) is 0 Å². The molecule has 0 radical (unpaired) electrons. The first-order chi connectivity index (χ1) is 10.2. The van der Waals surface area contributed by atoms with E-state index in [0.717, 1.165) is 27.8 Å². The fraction of sp³-hybridized carbons (Fsp3) is 0. The molecule has 0 bridgehead atoms. The third-order valence-corrected chi connectivity index (χ3v) is 6.09. The molecule has 2 N–H and O–H groups in total. The van der Waals surface area contributed by atoms with Gasteiger partial charge in [0, 0.05) is 6.07 Å². The van der Waals surface area contributed by atoms with Gasteiger partial charge in [-0.15, -0.1) is 11.3 Å². The van der Waals surface area contributed by atoms with Crippen LogP contribution in [-0.4, -0.2) is 24.9 Å². The van der Waals surface area contributed by atoms with Crippen LogP contribution in [0.5, 0.6) is 5.75 Å². The van der Waals surface area contributed by atoms with Gasteiger partial charge in [0.25, 0.3) is 0 Å². The van der Waals surface area contributed by atoms with E-state index in [9.17, 15) is 18.7 Å². The second kappa shape index (κ2) is 6.73. The highest BCUT2D eigenvalue weighted by atomic mass is 79.9. The predicted octanol–water partition coefficient (Wildman–Crippen LogP) is 4.15. The number of carbonyl (C=O) groups is 1. The molecule has 0 aliphatic carbocycles. The van der Waals surface area contributed by atoms with Crippen LogP contribution in [0.4, 0.5) is 11.4 Å². The summed E-state index contributed by atoms with van der Waals surface area (Å²) < 4.78 is 24.5. The van der Waals surface area contributed by atoms with Gasteiger partial charge in [0.15, 0.2) is 0 Å². The molecule has 1 aromatic carbocycles. The van der Waals surface area contributed by atoms with Crippen LogP contribution in [0.2, 0.25) is 8.67 Å². The van der Waals surface area contributed by atoms with E-state index in [4.69, 9.17) is 28.3 Å². The molecule has 1 heterocycles. The van der Waals surface area contributed by atoms with Crippen molar-refractivity contribution in [2.24, 2.45) is 0 Å². The molecule has 2 rings (SSSR count). The number of rotatable bonds is 4. The number of halogens is 3. The van der Waals surface area contributed by atoms with Crippen molar-refractivity contribution in [1.82, 2.24) is 0 Å². The monoisotopic (exact) mass is 444 g/mol. The Kier molecular flexibility index (Phi) is 5.36. The third kappa shape index (κ3) is 3.24. The fourth-order valence-electron chi connectivity index (χ4n) is 1.64. The van der Waals surface area contributed by atoms with Gasteiger partial charge in [-0.05, 0) is 28.1 Å². The maximum Gasteiger partial charge on any atom is 0.339 e. The van der Waals surface area contributed by atoms with Crippen LogP contribution in [0.1, 0.15) is 10.4 Å². The number of nitrogens with zero attached hydrogens (tertiary/aromatic N) is 1. The second-order valence-electron chi connectivity index (χ2n) is 3.83. The minimum atomic E-state index is -2.78. The lowest BCUT2D eigenvalue weighted by atomic mass is 10.2. The molecule has 0 aliphatic heterocycles. The number of carboxylic acid groups (broad SMARTS) is 1. The quantitative estimate of drug-likeness (QED) is 0.688. The maximum absolute atomic E-state index is 11.6. The zero-order chi connectivity index (χ0) is 16.6. The highest BCUT2D eigenvalue weighted by Gasteiger charge is 2.23. The topological polar surface area (TPSA) is 101 Å². The van der Waals surface area contributed by atoms with Gasteiger partial charge in [-0.2, -0.15) is 0 Å². The van der Waals surface area contributed by atoms with Crippen molar-refractivity contribution < 1.29 is 23.8 Å². The average molecular weight is 446 g/mol. The number of hydrogen-bond donors (Lipinski definition) is 2. The van der Waals surface area contributed by atoms with Crippen LogP contribution < -0.4 is 4.31 Å². The number of anilines is 2. The molecule has 0 amide bonds. The van der Waals surface area contributed by atoms with E-state index in [-0.39, 0.29) is 30.1 Å². The molecule has 0 fully saturated rings. The summed E-state index contributed by atoms with van der Waals surface area (Å²) in [5.74, 6) is -1.91. The largest absolute Gasteiger partial charge is 0.755 e. The summed E-state index contributed by atoms with van der Waals surface area (Å²) in [7, 11) is 0. The Morgan fingerprint density at radius 3 is 2.41 bits per heavy atom. The predicted molar refractivity (Wildman–Crippen MR) is 88.2 cm³/mol. The summed E-state index contributed by atoms with van der Waals surface area (Å²) in [6.45, 7) is 0. The number of aromatic carboxylic acids is 1. The molecule has 0 aliphatic rings. The summed E-state index contributed by atoms with van der Waals surface area (Å²) >= 11 is 13.2. The molecule has 0 saturated carbocycles. The normalized spacial score (nSPS) is 12.2. The van der Waals surface area contributed by atoms with Crippen molar-refractivity contribution in [2.75, 3.05) is 4.31 Å². The number of carboxylic acids is 1. The summed E-state index contributed by atoms with van der Waals surface area (Å²) in [5, 5.41) is 18.6. The second-order valence-corrected chi connectivity index (χ2v) is 7.65. The molecule has 0 spiro atoms. The number of thiophene rings is 1. The van der Waals surface area contributed by atoms with Gasteiger partial charge in [-0.25, -0.2) is 4.79 Å². The molecule has 0 saturated heterocycles. The average Bonchev–Trinajstić information content (AvgIpc) is 2.65. The van der Waals surface area contributed by atoms with Crippen molar-refractivity contribution in [2.45, 2.75) is 0 Å². The highest BCUT2D eigenvalue weighted by Crippen LogP contribution is 2.49. The van der Waals surface area contributed by atoms with Crippen molar-refractivity contribution in [3.8, 4) is 5.75 Å². The van der Waals surface area contributed by atoms with Crippen LogP contribution in [-0.2, 0) is 11.3 Å². The molecule has 6 nitrogen and oxygen atoms in total. The molecule has 118 valence electrons. The molecular formula is C11H5BrCl2NO5S2-. The minimum absolute atomic E-state index is 0.00731. The van der Waals surface area contributed by atoms with Gasteiger partial charge in [0.1, 0.15) is 20.0 Å². The van der Waals surface area contributed by atoms with Gasteiger partial charge < -0.3 is 14.8 Å². The lowest BCUT2D eigenvalue weighted by molar-refractivity contribution is 0.0694. The summed E-state index contributed by atoms with van der Waals surface area (Å²) in [6.07, 6.45) is 0. The Balaban J connectivity index is 2.61. The van der Waals surface area contributed by atoms with E-state index >= 15 is 0 Å². The molecular weight excluding hydrogens is 441 g/mol. The van der Waals surface area contributed by atoms with Crippen LogP contribution in [0.15, 0.2) is 22.7 Å². The van der Waals surface area contributed by atoms with E-state index < -0.39 is 23.0 Å². The first-order valence-electron chi connectivity index (χ1n) is 5.33. The Morgan fingerprint density at radius 1 is 1.36 bits per heavy atom. The van der Waals surface area contributed by atoms with E-state index in [1.54, 1.807) is 0 Å². The maximum atomic E-state index is 11.6. The molecule has 22 heavy (non-hydrogen) atoms. The van der Waals surface area contributed by atoms with Gasteiger partial charge >= 0.3 is 5.97 Å². The number of hydrogen-bond acceptors (Lipinski definition) is 5. The van der Waals surface area contributed by atoms with Crippen LogP contribution in [0, 0.1) is 0 Å². The van der Waals surface area contributed by atoms with Gasteiger partial charge in [0.2, 0.25) is 0 Å². The lowest BCUT2D eigenvalue weighted by Crippen LogP contribution is -2.19. The third-order valence-electron chi connectivity index (χ3n) is 2.54. The van der Waals surface area contributed by atoms with E-state index in [1.807, 2.05) is 0 Å². The lowest BCUT2D eigenvalue weighted by Gasteiger charge is -2.26. The van der Waals surface area contributed by atoms with Gasteiger partial charge in [0.05, 0.1) is 27.1 Å². The standard InChI is InChI=1S/C11H6BrCl2NO5S2/c12-7-8(10(14)21-9(7)13)15(22(19)20)4-1-2-5(11(17)18)6(16)3-4/h1-3,16H,(H,17,18)(H,19,20)/p-1. The number of benzene rings is 1. The van der Waals surface area contributed by atoms with Crippen LogP contribution in [0.3, 0.4) is 0 Å². The Bertz CT molecular complexity index is 782. The van der Waals surface area contributed by atoms with Crippen LogP contribution in [0.25, 0.3) is 0 Å². The molecule has 11 heteroatoms. The summed E-state index contributed by atoms with van der Waals surface area (Å²) in [5.41, 5.74) is -0.269. The zero-order valence-electron chi connectivity index (χ0n) is 10.2. The van der Waals surface area contributed by atoms with E-state index in [1.165, 1.54) is 6.07 Å². The summed E-state index contributed by atoms with van der Waals surface area (Å²) in [6, 6.07) is 3.32. The Hall–Kier alpha value is -0.840. The van der Waals surface area contributed by atoms with Crippen molar-refractivity contribution in [3.05, 3.63) is 36.9 Å². The van der Waals surface area contributed by atoms with E-state index in [2.05, 4.69) is 15.9 Å². The van der Waals surface area contributed by atoms with Gasteiger partial charge in [-0.3, -0.25) is 8.51 Å².